The highest BCUT2D eigenvalue weighted by Gasteiger charge is 2.30. The molecule has 4 heterocycles. The fourth-order valence-corrected chi connectivity index (χ4v) is 4.64. The number of aromatic nitrogens is 2. The van der Waals surface area contributed by atoms with Gasteiger partial charge >= 0.3 is 0 Å². The second kappa shape index (κ2) is 7.33. The molecule has 2 aliphatic heterocycles. The van der Waals surface area contributed by atoms with Gasteiger partial charge in [0.05, 0.1) is 6.04 Å². The number of hydrogen-bond donors (Lipinski definition) is 0. The van der Waals surface area contributed by atoms with Gasteiger partial charge in [0.1, 0.15) is 0 Å². The maximum atomic E-state index is 6.12. The van der Waals surface area contributed by atoms with Gasteiger partial charge in [0.2, 0.25) is 11.8 Å². The number of likely N-dealkylation sites (tertiary alicyclic amines) is 1. The Labute approximate surface area is 147 Å². The second-order valence-corrected chi connectivity index (χ2v) is 8.23. The molecule has 2 aliphatic rings. The van der Waals surface area contributed by atoms with Crippen LogP contribution in [-0.4, -0.2) is 34.9 Å². The molecule has 0 amide bonds. The maximum Gasteiger partial charge on any atom is 0.233 e. The molecule has 0 saturated carbocycles. The monoisotopic (exact) mass is 347 g/mol. The molecule has 0 aliphatic carbocycles. The van der Waals surface area contributed by atoms with Crippen molar-refractivity contribution in [3.63, 3.8) is 0 Å². The van der Waals surface area contributed by atoms with Gasteiger partial charge in [0.15, 0.2) is 0 Å². The maximum absolute atomic E-state index is 6.12. The van der Waals surface area contributed by atoms with Gasteiger partial charge in [0.25, 0.3) is 0 Å². The van der Waals surface area contributed by atoms with Crippen molar-refractivity contribution in [2.24, 2.45) is 0 Å². The molecule has 6 heteroatoms. The summed E-state index contributed by atoms with van der Waals surface area (Å²) in [4.78, 5) is 5.30. The highest BCUT2D eigenvalue weighted by molar-refractivity contribution is 7.11. The molecular weight excluding hydrogens is 322 g/mol. The Hall–Kier alpha value is -1.24. The lowest BCUT2D eigenvalue weighted by molar-refractivity contribution is 0.0768. The van der Waals surface area contributed by atoms with Crippen molar-refractivity contribution in [2.45, 2.75) is 57.5 Å². The van der Waals surface area contributed by atoms with Crippen LogP contribution < -0.4 is 0 Å². The topological polar surface area (TPSA) is 51.4 Å². The van der Waals surface area contributed by atoms with Crippen LogP contribution in [0.4, 0.5) is 0 Å². The van der Waals surface area contributed by atoms with Crippen molar-refractivity contribution >= 4 is 11.3 Å². The van der Waals surface area contributed by atoms with E-state index in [1.807, 2.05) is 11.3 Å². The molecule has 5 nitrogen and oxygen atoms in total. The number of hydrogen-bond acceptors (Lipinski definition) is 6. The molecule has 1 unspecified atom stereocenters. The van der Waals surface area contributed by atoms with Crippen LogP contribution in [0.5, 0.6) is 0 Å². The Morgan fingerprint density at radius 3 is 2.75 bits per heavy atom. The Morgan fingerprint density at radius 1 is 1.12 bits per heavy atom. The fraction of sp³-hybridized carbons (Fsp3) is 0.667. The van der Waals surface area contributed by atoms with Crippen LogP contribution in [0.15, 0.2) is 16.5 Å². The third kappa shape index (κ3) is 3.55. The van der Waals surface area contributed by atoms with E-state index in [2.05, 4.69) is 34.2 Å². The minimum Gasteiger partial charge on any atom is -0.423 e. The number of thiophene rings is 1. The Kier molecular flexibility index (Phi) is 4.96. The van der Waals surface area contributed by atoms with Crippen LogP contribution in [0.1, 0.15) is 65.6 Å². The van der Waals surface area contributed by atoms with Crippen molar-refractivity contribution in [3.05, 3.63) is 33.7 Å². The molecule has 2 aromatic heterocycles. The van der Waals surface area contributed by atoms with E-state index in [0.29, 0.717) is 5.92 Å². The van der Waals surface area contributed by atoms with E-state index >= 15 is 0 Å². The molecule has 1 atom stereocenters. The molecule has 2 saturated heterocycles. The predicted molar refractivity (Wildman–Crippen MR) is 93.2 cm³/mol. The second-order valence-electron chi connectivity index (χ2n) is 6.86. The summed E-state index contributed by atoms with van der Waals surface area (Å²) in [6, 6.07) is 4.71. The van der Waals surface area contributed by atoms with Crippen LogP contribution in [0.3, 0.4) is 0 Å². The number of aryl methyl sites for hydroxylation is 1. The third-order valence-electron chi connectivity index (χ3n) is 5.08. The lowest BCUT2D eigenvalue weighted by atomic mass is 10.0. The normalized spacial score (nSPS) is 23.6. The van der Waals surface area contributed by atoms with Crippen molar-refractivity contribution < 1.29 is 9.15 Å². The minimum atomic E-state index is 0.266. The molecule has 130 valence electrons. The number of rotatable bonds is 4. The molecule has 0 aromatic carbocycles. The summed E-state index contributed by atoms with van der Waals surface area (Å²) in [6.45, 7) is 5.86. The van der Waals surface area contributed by atoms with Gasteiger partial charge in [-0.15, -0.1) is 21.5 Å². The van der Waals surface area contributed by atoms with E-state index in [4.69, 9.17) is 9.15 Å². The average Bonchev–Trinajstić information content (AvgIpc) is 3.26. The summed E-state index contributed by atoms with van der Waals surface area (Å²) < 4.78 is 11.6. The number of piperidine rings is 1. The lowest BCUT2D eigenvalue weighted by Gasteiger charge is -2.33. The number of nitrogens with zero attached hydrogens (tertiary/aromatic N) is 3. The van der Waals surface area contributed by atoms with Gasteiger partial charge in [-0.3, -0.25) is 4.90 Å². The SMILES string of the molecule is Cc1ccc(CN2CCCCC2c2nnc(C3CCOCC3)o2)s1. The Bertz CT molecular complexity index is 663. The van der Waals surface area contributed by atoms with E-state index in [0.717, 1.165) is 57.3 Å². The van der Waals surface area contributed by atoms with Crippen molar-refractivity contribution in [3.8, 4) is 0 Å². The zero-order valence-corrected chi connectivity index (χ0v) is 15.1. The average molecular weight is 347 g/mol. The quantitative estimate of drug-likeness (QED) is 0.835. The standard InChI is InChI=1S/C18H25N3O2S/c1-13-5-6-15(24-13)12-21-9-3-2-4-16(21)18-20-19-17(23-18)14-7-10-22-11-8-14/h5-6,14,16H,2-4,7-12H2,1H3. The first-order valence-electron chi connectivity index (χ1n) is 9.00. The van der Waals surface area contributed by atoms with Crippen LogP contribution in [0, 0.1) is 6.92 Å². The molecule has 0 N–H and O–H groups in total. The van der Waals surface area contributed by atoms with E-state index in [9.17, 15) is 0 Å². The summed E-state index contributed by atoms with van der Waals surface area (Å²) in [5, 5.41) is 8.78. The van der Waals surface area contributed by atoms with E-state index < -0.39 is 0 Å². The lowest BCUT2D eigenvalue weighted by Crippen LogP contribution is -2.32. The van der Waals surface area contributed by atoms with Crippen LogP contribution >= 0.6 is 11.3 Å². The summed E-state index contributed by atoms with van der Waals surface area (Å²) in [5.74, 6) is 1.99. The Balaban J connectivity index is 1.49. The molecule has 0 spiro atoms. The predicted octanol–water partition coefficient (Wildman–Crippen LogP) is 4.06. The largest absolute Gasteiger partial charge is 0.423 e. The Morgan fingerprint density at radius 2 is 1.96 bits per heavy atom. The van der Waals surface area contributed by atoms with E-state index in [1.165, 1.54) is 22.6 Å². The summed E-state index contributed by atoms with van der Waals surface area (Å²) in [6.07, 6.45) is 5.58. The summed E-state index contributed by atoms with van der Waals surface area (Å²) >= 11 is 1.88. The van der Waals surface area contributed by atoms with Crippen molar-refractivity contribution in [1.29, 1.82) is 0 Å². The van der Waals surface area contributed by atoms with Crippen LogP contribution in [-0.2, 0) is 11.3 Å². The van der Waals surface area contributed by atoms with Gasteiger partial charge in [-0.25, -0.2) is 0 Å². The number of ether oxygens (including phenoxy) is 1. The zero-order chi connectivity index (χ0) is 16.4. The zero-order valence-electron chi connectivity index (χ0n) is 14.2. The molecule has 2 fully saturated rings. The summed E-state index contributed by atoms with van der Waals surface area (Å²) in [7, 11) is 0. The van der Waals surface area contributed by atoms with Crippen molar-refractivity contribution in [2.75, 3.05) is 19.8 Å². The van der Waals surface area contributed by atoms with Crippen molar-refractivity contribution in [1.82, 2.24) is 15.1 Å². The first-order chi connectivity index (χ1) is 11.8. The molecule has 24 heavy (non-hydrogen) atoms. The van der Waals surface area contributed by atoms with E-state index in [1.54, 1.807) is 0 Å². The van der Waals surface area contributed by atoms with Gasteiger partial charge in [-0.05, 0) is 51.3 Å². The molecular formula is C18H25N3O2S. The molecule has 2 aromatic rings. The first-order valence-corrected chi connectivity index (χ1v) is 9.81. The van der Waals surface area contributed by atoms with Crippen LogP contribution in [0.2, 0.25) is 0 Å². The van der Waals surface area contributed by atoms with Gasteiger partial charge in [-0.1, -0.05) is 6.42 Å². The first kappa shape index (κ1) is 16.2. The van der Waals surface area contributed by atoms with Gasteiger partial charge in [-0.2, -0.15) is 0 Å². The fourth-order valence-electron chi connectivity index (χ4n) is 3.72. The minimum absolute atomic E-state index is 0.266. The smallest absolute Gasteiger partial charge is 0.233 e. The van der Waals surface area contributed by atoms with Crippen LogP contribution in [0.25, 0.3) is 0 Å². The summed E-state index contributed by atoms with van der Waals surface area (Å²) in [5.41, 5.74) is 0. The highest BCUT2D eigenvalue weighted by atomic mass is 32.1. The molecule has 0 bridgehead atoms. The van der Waals surface area contributed by atoms with E-state index in [-0.39, 0.29) is 6.04 Å². The van der Waals surface area contributed by atoms with Gasteiger partial charge < -0.3 is 9.15 Å². The third-order valence-corrected chi connectivity index (χ3v) is 6.07. The highest BCUT2D eigenvalue weighted by Crippen LogP contribution is 2.34. The van der Waals surface area contributed by atoms with Gasteiger partial charge in [0, 0.05) is 35.4 Å². The molecule has 4 rings (SSSR count). The molecule has 0 radical (unpaired) electrons.